The van der Waals surface area contributed by atoms with Gasteiger partial charge in [-0.15, -0.1) is 0 Å². The average molecular weight is 334 g/mol. The molecule has 0 aromatic rings. The Bertz CT molecular complexity index is 271. The fraction of sp³-hybridized carbons (Fsp3) is 1.00. The quantitative estimate of drug-likeness (QED) is 0.241. The van der Waals surface area contributed by atoms with E-state index in [0.717, 1.165) is 12.8 Å². The van der Waals surface area contributed by atoms with Gasteiger partial charge in [-0.05, 0) is 13.3 Å². The SMILES string of the molecule is CCCCCCCCCCCCOS(=O)(=O)[O-].CCO.[Na+]. The maximum atomic E-state index is 10.1. The second kappa shape index (κ2) is 20.8. The average Bonchev–Trinajstić information content (AvgIpc) is 2.35. The van der Waals surface area contributed by atoms with Crippen molar-refractivity contribution in [3.63, 3.8) is 0 Å². The van der Waals surface area contributed by atoms with Crippen molar-refractivity contribution in [3.8, 4) is 0 Å². The minimum absolute atomic E-state index is 0. The van der Waals surface area contributed by atoms with Crippen molar-refractivity contribution >= 4 is 10.4 Å². The van der Waals surface area contributed by atoms with Crippen molar-refractivity contribution < 1.29 is 51.8 Å². The van der Waals surface area contributed by atoms with Crippen molar-refractivity contribution in [3.05, 3.63) is 0 Å². The second-order valence-electron chi connectivity index (χ2n) is 4.73. The standard InChI is InChI=1S/C12H26O4S.C2H6O.Na/c1-2-3-4-5-6-7-8-9-10-11-12-16-17(13,14)15;1-2-3;/h2-12H2,1H3,(H,13,14,15);3H,2H2,1H3;/q;;+1/p-1. The molecule has 5 nitrogen and oxygen atoms in total. The molecule has 124 valence electrons. The Morgan fingerprint density at radius 2 is 1.19 bits per heavy atom. The van der Waals surface area contributed by atoms with Crippen LogP contribution in [0, 0.1) is 0 Å². The van der Waals surface area contributed by atoms with Crippen LogP contribution >= 0.6 is 0 Å². The fourth-order valence-electron chi connectivity index (χ4n) is 1.75. The molecule has 7 heteroatoms. The van der Waals surface area contributed by atoms with Gasteiger partial charge in [0.15, 0.2) is 0 Å². The third kappa shape index (κ3) is 33.6. The third-order valence-corrected chi connectivity index (χ3v) is 3.18. The number of hydrogen-bond acceptors (Lipinski definition) is 5. The summed E-state index contributed by atoms with van der Waals surface area (Å²) in [6, 6.07) is 0. The molecular weight excluding hydrogens is 303 g/mol. The third-order valence-electron chi connectivity index (χ3n) is 2.73. The number of aliphatic hydroxyl groups excluding tert-OH is 1. The summed E-state index contributed by atoms with van der Waals surface area (Å²) in [5.41, 5.74) is 0. The van der Waals surface area contributed by atoms with Crippen LogP contribution in [0.15, 0.2) is 0 Å². The largest absolute Gasteiger partial charge is 1.00 e. The summed E-state index contributed by atoms with van der Waals surface area (Å²) in [7, 11) is -4.48. The minimum Gasteiger partial charge on any atom is -0.726 e. The van der Waals surface area contributed by atoms with Crippen LogP contribution in [0.25, 0.3) is 0 Å². The zero-order valence-corrected chi connectivity index (χ0v) is 16.8. The maximum absolute atomic E-state index is 10.1. The molecular formula is C14H31NaO5S. The predicted molar refractivity (Wildman–Crippen MR) is 80.3 cm³/mol. The first-order valence-electron chi connectivity index (χ1n) is 7.69. The van der Waals surface area contributed by atoms with Crippen molar-refractivity contribution in [2.45, 2.75) is 78.1 Å². The van der Waals surface area contributed by atoms with Crippen molar-refractivity contribution in [1.29, 1.82) is 0 Å². The van der Waals surface area contributed by atoms with Crippen LogP contribution in [-0.2, 0) is 14.6 Å². The van der Waals surface area contributed by atoms with Gasteiger partial charge in [-0.25, -0.2) is 8.42 Å². The van der Waals surface area contributed by atoms with Crippen molar-refractivity contribution in [2.24, 2.45) is 0 Å². The molecule has 0 amide bonds. The van der Waals surface area contributed by atoms with Crippen LogP contribution in [0.5, 0.6) is 0 Å². The minimum atomic E-state index is -4.48. The summed E-state index contributed by atoms with van der Waals surface area (Å²) < 4.78 is 34.5. The summed E-state index contributed by atoms with van der Waals surface area (Å²) in [6.07, 6.45) is 11.7. The van der Waals surface area contributed by atoms with E-state index in [0.29, 0.717) is 6.42 Å². The van der Waals surface area contributed by atoms with Crippen LogP contribution in [0.4, 0.5) is 0 Å². The molecule has 21 heavy (non-hydrogen) atoms. The maximum Gasteiger partial charge on any atom is 1.00 e. The van der Waals surface area contributed by atoms with Crippen LogP contribution in [0.1, 0.15) is 78.1 Å². The zero-order chi connectivity index (χ0) is 15.7. The Labute approximate surface area is 153 Å². The number of hydrogen-bond donors (Lipinski definition) is 1. The monoisotopic (exact) mass is 334 g/mol. The van der Waals surface area contributed by atoms with Gasteiger partial charge in [0.25, 0.3) is 0 Å². The first-order chi connectivity index (χ1) is 9.47. The molecule has 0 atom stereocenters. The van der Waals surface area contributed by atoms with E-state index < -0.39 is 10.4 Å². The molecule has 0 aromatic heterocycles. The van der Waals surface area contributed by atoms with Gasteiger partial charge in [0, 0.05) is 6.61 Å². The van der Waals surface area contributed by atoms with Crippen LogP contribution in [-0.4, -0.2) is 31.3 Å². The summed E-state index contributed by atoms with van der Waals surface area (Å²) >= 11 is 0. The Morgan fingerprint density at radius 1 is 0.857 bits per heavy atom. The van der Waals surface area contributed by atoms with Gasteiger partial charge in [0.1, 0.15) is 0 Å². The molecule has 0 radical (unpaired) electrons. The molecule has 0 aliphatic carbocycles. The van der Waals surface area contributed by atoms with E-state index >= 15 is 0 Å². The summed E-state index contributed by atoms with van der Waals surface area (Å²) in [4.78, 5) is 0. The number of aliphatic hydroxyl groups is 1. The van der Waals surface area contributed by atoms with E-state index in [2.05, 4.69) is 11.1 Å². The fourth-order valence-corrected chi connectivity index (χ4v) is 2.07. The summed E-state index contributed by atoms with van der Waals surface area (Å²) in [6.45, 7) is 4.17. The molecule has 0 saturated heterocycles. The molecule has 0 unspecified atom stereocenters. The van der Waals surface area contributed by atoms with Crippen LogP contribution in [0.3, 0.4) is 0 Å². The zero-order valence-electron chi connectivity index (χ0n) is 14.0. The molecule has 1 N–H and O–H groups in total. The molecule has 0 aliphatic heterocycles. The Kier molecular flexibility index (Phi) is 26.5. The van der Waals surface area contributed by atoms with Crippen LogP contribution in [0.2, 0.25) is 0 Å². The number of unbranched alkanes of at least 4 members (excludes halogenated alkanes) is 9. The van der Waals surface area contributed by atoms with Gasteiger partial charge in [-0.1, -0.05) is 64.7 Å². The predicted octanol–water partition coefficient (Wildman–Crippen LogP) is 0.387. The van der Waals surface area contributed by atoms with Gasteiger partial charge in [-0.3, -0.25) is 4.18 Å². The van der Waals surface area contributed by atoms with E-state index in [1.165, 1.54) is 44.9 Å². The van der Waals surface area contributed by atoms with E-state index in [1.54, 1.807) is 6.92 Å². The van der Waals surface area contributed by atoms with Crippen LogP contribution < -0.4 is 29.6 Å². The van der Waals surface area contributed by atoms with Gasteiger partial charge >= 0.3 is 29.6 Å². The van der Waals surface area contributed by atoms with Gasteiger partial charge in [0.2, 0.25) is 10.4 Å². The van der Waals surface area contributed by atoms with E-state index in [-0.39, 0.29) is 42.8 Å². The first-order valence-corrected chi connectivity index (χ1v) is 9.02. The molecule has 0 saturated carbocycles. The molecule has 0 rings (SSSR count). The molecule has 0 spiro atoms. The van der Waals surface area contributed by atoms with Crippen molar-refractivity contribution in [2.75, 3.05) is 13.2 Å². The molecule has 0 bridgehead atoms. The van der Waals surface area contributed by atoms with E-state index in [9.17, 15) is 13.0 Å². The molecule has 0 aromatic carbocycles. The van der Waals surface area contributed by atoms with Gasteiger partial charge in [0.05, 0.1) is 6.61 Å². The topological polar surface area (TPSA) is 86.7 Å². The Morgan fingerprint density at radius 3 is 1.52 bits per heavy atom. The molecule has 0 heterocycles. The summed E-state index contributed by atoms with van der Waals surface area (Å²) in [5, 5.41) is 7.57. The Balaban J connectivity index is -0.000000740. The smallest absolute Gasteiger partial charge is 0.726 e. The normalized spacial score (nSPS) is 10.5. The Hall–Kier alpha value is 0.830. The number of rotatable bonds is 12. The van der Waals surface area contributed by atoms with E-state index in [1.807, 2.05) is 0 Å². The van der Waals surface area contributed by atoms with Crippen molar-refractivity contribution in [1.82, 2.24) is 0 Å². The van der Waals surface area contributed by atoms with Gasteiger partial charge < -0.3 is 9.66 Å². The molecule has 0 aliphatic rings. The first kappa shape index (κ1) is 26.7. The second-order valence-corrected chi connectivity index (χ2v) is 5.78. The molecule has 0 fully saturated rings. The van der Waals surface area contributed by atoms with E-state index in [4.69, 9.17) is 5.11 Å². The summed E-state index contributed by atoms with van der Waals surface area (Å²) in [5.74, 6) is 0. The van der Waals surface area contributed by atoms with Gasteiger partial charge in [-0.2, -0.15) is 0 Å².